The molecule has 0 heterocycles. The SMILES string of the molecule is C[C@@H](C[C@@H](O)COc1ccccc1)[C@H]1[C@H](OP(=O)([O-])O)CC(=O)[C@@H]1C[C@@H]1CCC1CCCC(=O)OC1CC1. The van der Waals surface area contributed by atoms with E-state index in [0.717, 1.165) is 38.5 Å². The Balaban J connectivity index is 1.33. The van der Waals surface area contributed by atoms with Crippen LogP contribution in [0.4, 0.5) is 0 Å². The Morgan fingerprint density at radius 3 is 2.50 bits per heavy atom. The van der Waals surface area contributed by atoms with Crippen molar-refractivity contribution in [2.45, 2.75) is 89.4 Å². The van der Waals surface area contributed by atoms with Gasteiger partial charge in [-0.3, -0.25) is 14.2 Å². The first kappa shape index (κ1) is 29.2. The maximum Gasteiger partial charge on any atom is 0.306 e. The topological polar surface area (TPSA) is 142 Å². The van der Waals surface area contributed by atoms with Crippen molar-refractivity contribution < 1.29 is 43.0 Å². The molecule has 4 rings (SSSR count). The molecule has 0 aromatic heterocycles. The number of benzene rings is 1. The summed E-state index contributed by atoms with van der Waals surface area (Å²) in [5, 5.41) is 10.6. The maximum absolute atomic E-state index is 13.1. The molecule has 212 valence electrons. The average molecular weight is 552 g/mol. The number of hydrogen-bond donors (Lipinski definition) is 2. The fourth-order valence-corrected chi connectivity index (χ4v) is 6.80. The Hall–Kier alpha value is -1.77. The van der Waals surface area contributed by atoms with Crippen molar-refractivity contribution in [3.63, 3.8) is 0 Å². The van der Waals surface area contributed by atoms with Crippen LogP contribution >= 0.6 is 7.82 Å². The van der Waals surface area contributed by atoms with E-state index in [-0.39, 0.29) is 36.8 Å². The molecule has 0 aliphatic heterocycles. The van der Waals surface area contributed by atoms with Crippen LogP contribution in [0.2, 0.25) is 0 Å². The summed E-state index contributed by atoms with van der Waals surface area (Å²) in [6.45, 7) is 1.95. The highest BCUT2D eigenvalue weighted by Crippen LogP contribution is 2.50. The molecule has 3 fully saturated rings. The van der Waals surface area contributed by atoms with E-state index >= 15 is 0 Å². The van der Waals surface area contributed by atoms with Gasteiger partial charge in [0.2, 0.25) is 0 Å². The molecular formula is C28H40O9P-. The molecule has 1 aromatic carbocycles. The van der Waals surface area contributed by atoms with Gasteiger partial charge in [-0.15, -0.1) is 0 Å². The Labute approximate surface area is 224 Å². The third-order valence-electron chi connectivity index (χ3n) is 8.37. The van der Waals surface area contributed by atoms with Crippen LogP contribution in [0, 0.1) is 29.6 Å². The van der Waals surface area contributed by atoms with E-state index in [1.165, 1.54) is 0 Å². The molecule has 0 amide bonds. The third-order valence-corrected chi connectivity index (χ3v) is 8.91. The monoisotopic (exact) mass is 551 g/mol. The number of aliphatic hydroxyl groups excluding tert-OH is 1. The van der Waals surface area contributed by atoms with Gasteiger partial charge < -0.3 is 28.9 Å². The van der Waals surface area contributed by atoms with E-state index in [1.54, 1.807) is 12.1 Å². The summed E-state index contributed by atoms with van der Waals surface area (Å²) in [6, 6.07) is 9.14. The molecule has 10 heteroatoms. The number of esters is 1. The van der Waals surface area contributed by atoms with Gasteiger partial charge in [-0.2, -0.15) is 0 Å². The third kappa shape index (κ3) is 8.62. The highest BCUT2D eigenvalue weighted by atomic mass is 31.2. The van der Waals surface area contributed by atoms with Crippen LogP contribution < -0.4 is 9.63 Å². The summed E-state index contributed by atoms with van der Waals surface area (Å²) in [5.74, 6) is 0.0801. The van der Waals surface area contributed by atoms with Gasteiger partial charge in [-0.1, -0.05) is 25.1 Å². The minimum Gasteiger partial charge on any atom is -0.756 e. The first-order valence-electron chi connectivity index (χ1n) is 13.9. The zero-order chi connectivity index (χ0) is 27.3. The van der Waals surface area contributed by atoms with Crippen molar-refractivity contribution in [3.8, 4) is 5.75 Å². The van der Waals surface area contributed by atoms with Crippen molar-refractivity contribution in [2.24, 2.45) is 29.6 Å². The number of phosphoric acid groups is 1. The fraction of sp³-hybridized carbons (Fsp3) is 0.714. The molecule has 2 unspecified atom stereocenters. The van der Waals surface area contributed by atoms with Gasteiger partial charge in [0.25, 0.3) is 7.82 Å². The van der Waals surface area contributed by atoms with Gasteiger partial charge in [-0.25, -0.2) is 0 Å². The highest BCUT2D eigenvalue weighted by molar-refractivity contribution is 7.44. The lowest BCUT2D eigenvalue weighted by Crippen LogP contribution is -2.36. The largest absolute Gasteiger partial charge is 0.756 e. The van der Waals surface area contributed by atoms with Crippen LogP contribution in [0.25, 0.3) is 0 Å². The molecule has 3 aliphatic rings. The lowest BCUT2D eigenvalue weighted by molar-refractivity contribution is -0.226. The predicted molar refractivity (Wildman–Crippen MR) is 137 cm³/mol. The molecule has 1 aromatic rings. The maximum atomic E-state index is 13.1. The summed E-state index contributed by atoms with van der Waals surface area (Å²) >= 11 is 0. The molecule has 0 saturated heterocycles. The number of carbonyl (C=O) groups is 2. The van der Waals surface area contributed by atoms with Crippen molar-refractivity contribution in [2.75, 3.05) is 6.61 Å². The molecule has 0 bridgehead atoms. The highest BCUT2D eigenvalue weighted by Gasteiger charge is 2.49. The number of phosphoric ester groups is 1. The number of rotatable bonds is 15. The molecular weight excluding hydrogens is 511 g/mol. The standard InChI is InChI=1S/C28H41O9P/c1-18(14-21(29)17-35-22-7-3-2-4-8-22)28-24(25(30)16-26(28)37-38(32,33)34)15-20-11-10-19(20)6-5-9-27(31)36-23-12-13-23/h2-4,7-8,18-21,23-24,26,28-29H,5-6,9-17H2,1H3,(H2,32,33,34)/p-1/t18-,19?,20-,21+,24-,26+,28+/m0/s1. The number of hydrogen-bond acceptors (Lipinski definition) is 8. The van der Waals surface area contributed by atoms with Crippen molar-refractivity contribution in [1.82, 2.24) is 0 Å². The van der Waals surface area contributed by atoms with E-state index in [2.05, 4.69) is 0 Å². The van der Waals surface area contributed by atoms with E-state index in [9.17, 15) is 29.0 Å². The van der Waals surface area contributed by atoms with Crippen LogP contribution in [0.1, 0.15) is 71.1 Å². The Bertz CT molecular complexity index is 976. The molecule has 9 nitrogen and oxygen atoms in total. The van der Waals surface area contributed by atoms with Gasteiger partial charge in [0.05, 0.1) is 12.2 Å². The Morgan fingerprint density at radius 2 is 1.87 bits per heavy atom. The van der Waals surface area contributed by atoms with Gasteiger partial charge in [-0.05, 0) is 87.2 Å². The van der Waals surface area contributed by atoms with E-state index in [1.807, 2.05) is 25.1 Å². The molecule has 0 spiro atoms. The number of ether oxygens (including phenoxy) is 2. The zero-order valence-corrected chi connectivity index (χ0v) is 22.9. The molecule has 38 heavy (non-hydrogen) atoms. The second-order valence-corrected chi connectivity index (χ2v) is 12.5. The smallest absolute Gasteiger partial charge is 0.306 e. The van der Waals surface area contributed by atoms with Crippen LogP contribution in [0.5, 0.6) is 5.75 Å². The number of para-hydroxylation sites is 1. The zero-order valence-electron chi connectivity index (χ0n) is 22.0. The molecule has 0 radical (unpaired) electrons. The summed E-state index contributed by atoms with van der Waals surface area (Å²) in [4.78, 5) is 45.9. The van der Waals surface area contributed by atoms with E-state index in [0.29, 0.717) is 36.8 Å². The van der Waals surface area contributed by atoms with Gasteiger partial charge in [0.15, 0.2) is 0 Å². The first-order chi connectivity index (χ1) is 18.1. The van der Waals surface area contributed by atoms with Crippen molar-refractivity contribution in [1.29, 1.82) is 0 Å². The van der Waals surface area contributed by atoms with Crippen LogP contribution in [0.3, 0.4) is 0 Å². The summed E-state index contributed by atoms with van der Waals surface area (Å²) in [5.41, 5.74) is 0. The summed E-state index contributed by atoms with van der Waals surface area (Å²) in [7, 11) is -5.03. The normalized spacial score (nSPS) is 30.2. The second-order valence-electron chi connectivity index (χ2n) is 11.4. The average Bonchev–Trinajstić information content (AvgIpc) is 3.59. The van der Waals surface area contributed by atoms with Crippen LogP contribution in [-0.4, -0.2) is 46.7 Å². The number of aliphatic hydroxyl groups is 1. The van der Waals surface area contributed by atoms with Crippen LogP contribution in [0.15, 0.2) is 30.3 Å². The molecule has 2 N–H and O–H groups in total. The quantitative estimate of drug-likeness (QED) is 0.246. The van der Waals surface area contributed by atoms with Gasteiger partial charge in [0.1, 0.15) is 24.2 Å². The Kier molecular flexibility index (Phi) is 10.0. The Morgan fingerprint density at radius 1 is 1.16 bits per heavy atom. The number of ketones is 1. The lowest BCUT2D eigenvalue weighted by atomic mass is 9.65. The lowest BCUT2D eigenvalue weighted by Gasteiger charge is -2.40. The molecule has 8 atom stereocenters. The minimum atomic E-state index is -5.03. The van der Waals surface area contributed by atoms with E-state index in [4.69, 9.17) is 14.0 Å². The minimum absolute atomic E-state index is 0.0611. The van der Waals surface area contributed by atoms with Gasteiger partial charge >= 0.3 is 5.97 Å². The van der Waals surface area contributed by atoms with E-state index < -0.39 is 31.9 Å². The first-order valence-corrected chi connectivity index (χ1v) is 15.4. The predicted octanol–water partition coefficient (Wildman–Crippen LogP) is 3.80. The number of Topliss-reactive ketones (excluding diaryl/α,β-unsaturated/α-hetero) is 1. The van der Waals surface area contributed by atoms with Crippen molar-refractivity contribution >= 4 is 19.6 Å². The van der Waals surface area contributed by atoms with Crippen LogP contribution in [-0.2, 0) is 23.4 Å². The summed E-state index contributed by atoms with van der Waals surface area (Å²) < 4.78 is 27.5. The molecule has 3 aliphatic carbocycles. The van der Waals surface area contributed by atoms with Gasteiger partial charge in [0, 0.05) is 18.8 Å². The number of carbonyl (C=O) groups excluding carboxylic acids is 2. The van der Waals surface area contributed by atoms with Crippen molar-refractivity contribution in [3.05, 3.63) is 30.3 Å². The summed E-state index contributed by atoms with van der Waals surface area (Å²) in [6.07, 6.45) is 5.22. The second kappa shape index (κ2) is 13.1. The fourth-order valence-electron chi connectivity index (χ4n) is 6.25. The molecule has 3 saturated carbocycles.